The molecule has 1 aromatic carbocycles. The van der Waals surface area contributed by atoms with Gasteiger partial charge in [-0.15, -0.1) is 0 Å². The van der Waals surface area contributed by atoms with Gasteiger partial charge in [0.05, 0.1) is 12.2 Å². The Morgan fingerprint density at radius 3 is 2.59 bits per heavy atom. The highest BCUT2D eigenvalue weighted by molar-refractivity contribution is 5.74. The van der Waals surface area contributed by atoms with E-state index in [4.69, 9.17) is 14.2 Å². The molecule has 2 aromatic rings. The first-order chi connectivity index (χ1) is 12.8. The molecular weight excluding hydrogens is 363 g/mol. The van der Waals surface area contributed by atoms with Crippen molar-refractivity contribution in [3.8, 4) is 17.4 Å². The molecular formula is C19H20F3NO4. The van der Waals surface area contributed by atoms with Crippen molar-refractivity contribution in [3.63, 3.8) is 0 Å². The second-order valence-electron chi connectivity index (χ2n) is 5.71. The van der Waals surface area contributed by atoms with Crippen LogP contribution in [0.5, 0.6) is 17.4 Å². The Morgan fingerprint density at radius 2 is 1.96 bits per heavy atom. The van der Waals surface area contributed by atoms with E-state index in [9.17, 15) is 18.0 Å². The predicted octanol–water partition coefficient (Wildman–Crippen LogP) is 5.00. The number of halogens is 3. The lowest BCUT2D eigenvalue weighted by Crippen LogP contribution is -2.26. The van der Waals surface area contributed by atoms with Crippen LogP contribution in [-0.4, -0.2) is 23.7 Å². The van der Waals surface area contributed by atoms with E-state index in [1.54, 1.807) is 12.1 Å². The van der Waals surface area contributed by atoms with E-state index < -0.39 is 23.8 Å². The number of esters is 1. The molecule has 0 saturated carbocycles. The summed E-state index contributed by atoms with van der Waals surface area (Å²) < 4.78 is 55.0. The number of alkyl halides is 3. The van der Waals surface area contributed by atoms with E-state index in [2.05, 4.69) is 4.98 Å². The molecule has 5 nitrogen and oxygen atoms in total. The van der Waals surface area contributed by atoms with Gasteiger partial charge in [0, 0.05) is 12.3 Å². The van der Waals surface area contributed by atoms with Crippen molar-refractivity contribution >= 4 is 5.97 Å². The Morgan fingerprint density at radius 1 is 1.19 bits per heavy atom. The number of unbranched alkanes of at least 4 members (excludes halogenated alkanes) is 1. The number of carbonyl (C=O) groups excluding carboxylic acids is 1. The SMILES string of the molecule is CCCCOC(=O)C(C)Oc1ccc(C(F)(F)F)cc1Oc1ccccn1. The topological polar surface area (TPSA) is 57.7 Å². The summed E-state index contributed by atoms with van der Waals surface area (Å²) in [7, 11) is 0. The molecule has 0 fully saturated rings. The van der Waals surface area contributed by atoms with Gasteiger partial charge in [0.2, 0.25) is 5.88 Å². The van der Waals surface area contributed by atoms with Crippen LogP contribution < -0.4 is 9.47 Å². The standard InChI is InChI=1S/C19H20F3NO4/c1-3-4-11-25-18(24)13(2)26-15-9-8-14(19(20,21)22)12-16(15)27-17-7-5-6-10-23-17/h5-10,12-13H,3-4,11H2,1-2H3. The smallest absolute Gasteiger partial charge is 0.416 e. The minimum atomic E-state index is -4.55. The minimum Gasteiger partial charge on any atom is -0.475 e. The Hall–Kier alpha value is -2.77. The Bertz CT molecular complexity index is 750. The zero-order chi connectivity index (χ0) is 19.9. The molecule has 0 N–H and O–H groups in total. The maximum atomic E-state index is 13.0. The molecule has 2 rings (SSSR count). The molecule has 146 valence electrons. The number of ether oxygens (including phenoxy) is 3. The summed E-state index contributed by atoms with van der Waals surface area (Å²) >= 11 is 0. The van der Waals surface area contributed by atoms with E-state index in [1.807, 2.05) is 6.92 Å². The van der Waals surface area contributed by atoms with Gasteiger partial charge in [-0.3, -0.25) is 0 Å². The highest BCUT2D eigenvalue weighted by Gasteiger charge is 2.32. The Kier molecular flexibility index (Phi) is 7.04. The molecule has 1 atom stereocenters. The zero-order valence-electron chi connectivity index (χ0n) is 15.0. The van der Waals surface area contributed by atoms with Gasteiger partial charge in [0.15, 0.2) is 17.6 Å². The van der Waals surface area contributed by atoms with Gasteiger partial charge in [0.1, 0.15) is 0 Å². The first kappa shape index (κ1) is 20.5. The number of aromatic nitrogens is 1. The molecule has 8 heteroatoms. The number of carbonyl (C=O) groups is 1. The van der Waals surface area contributed by atoms with Crippen LogP contribution in [0, 0.1) is 0 Å². The normalized spacial score (nSPS) is 12.3. The Balaban J connectivity index is 2.22. The third kappa shape index (κ3) is 6.16. The number of hydrogen-bond donors (Lipinski definition) is 0. The number of nitrogens with zero attached hydrogens (tertiary/aromatic N) is 1. The summed E-state index contributed by atoms with van der Waals surface area (Å²) in [5.41, 5.74) is -0.904. The van der Waals surface area contributed by atoms with Gasteiger partial charge in [-0.2, -0.15) is 13.2 Å². The summed E-state index contributed by atoms with van der Waals surface area (Å²) in [4.78, 5) is 15.9. The van der Waals surface area contributed by atoms with Crippen molar-refractivity contribution in [2.75, 3.05) is 6.61 Å². The molecule has 1 heterocycles. The maximum Gasteiger partial charge on any atom is 0.416 e. The summed E-state index contributed by atoms with van der Waals surface area (Å²) in [5.74, 6) is -0.725. The molecule has 0 spiro atoms. The van der Waals surface area contributed by atoms with Gasteiger partial charge in [-0.05, 0) is 37.6 Å². The highest BCUT2D eigenvalue weighted by Crippen LogP contribution is 2.38. The lowest BCUT2D eigenvalue weighted by molar-refractivity contribution is -0.151. The van der Waals surface area contributed by atoms with E-state index in [0.717, 1.165) is 24.6 Å². The Labute approximate surface area is 155 Å². The first-order valence-electron chi connectivity index (χ1n) is 8.44. The van der Waals surface area contributed by atoms with Crippen LogP contribution >= 0.6 is 0 Å². The van der Waals surface area contributed by atoms with Gasteiger partial charge in [0.25, 0.3) is 0 Å². The van der Waals surface area contributed by atoms with Crippen LogP contribution in [0.15, 0.2) is 42.6 Å². The minimum absolute atomic E-state index is 0.0198. The molecule has 0 saturated heterocycles. The second kappa shape index (κ2) is 9.25. The van der Waals surface area contributed by atoms with Crippen LogP contribution in [0.2, 0.25) is 0 Å². The van der Waals surface area contributed by atoms with E-state index in [-0.39, 0.29) is 24.0 Å². The number of benzene rings is 1. The fourth-order valence-electron chi connectivity index (χ4n) is 2.05. The summed E-state index contributed by atoms with van der Waals surface area (Å²) in [5, 5.41) is 0. The number of pyridine rings is 1. The molecule has 0 bridgehead atoms. The lowest BCUT2D eigenvalue weighted by atomic mass is 10.2. The second-order valence-corrected chi connectivity index (χ2v) is 5.71. The molecule has 0 amide bonds. The van der Waals surface area contributed by atoms with Gasteiger partial charge < -0.3 is 14.2 Å². The van der Waals surface area contributed by atoms with E-state index >= 15 is 0 Å². The fraction of sp³-hybridized carbons (Fsp3) is 0.368. The average molecular weight is 383 g/mol. The molecule has 0 aliphatic rings. The predicted molar refractivity (Wildman–Crippen MR) is 91.7 cm³/mol. The third-order valence-corrected chi connectivity index (χ3v) is 3.50. The largest absolute Gasteiger partial charge is 0.475 e. The van der Waals surface area contributed by atoms with Gasteiger partial charge in [-0.1, -0.05) is 19.4 Å². The van der Waals surface area contributed by atoms with E-state index in [1.165, 1.54) is 19.2 Å². The van der Waals surface area contributed by atoms with Crippen molar-refractivity contribution in [1.29, 1.82) is 0 Å². The quantitative estimate of drug-likeness (QED) is 0.474. The molecule has 1 unspecified atom stereocenters. The van der Waals surface area contributed by atoms with Crippen LogP contribution in [-0.2, 0) is 15.7 Å². The number of rotatable bonds is 8. The van der Waals surface area contributed by atoms with Crippen LogP contribution in [0.1, 0.15) is 32.3 Å². The molecule has 0 aliphatic carbocycles. The zero-order valence-corrected chi connectivity index (χ0v) is 15.0. The van der Waals surface area contributed by atoms with Crippen molar-refractivity contribution in [2.24, 2.45) is 0 Å². The fourth-order valence-corrected chi connectivity index (χ4v) is 2.05. The third-order valence-electron chi connectivity index (χ3n) is 3.50. The van der Waals surface area contributed by atoms with Crippen LogP contribution in [0.4, 0.5) is 13.2 Å². The van der Waals surface area contributed by atoms with Gasteiger partial charge >= 0.3 is 12.1 Å². The molecule has 27 heavy (non-hydrogen) atoms. The maximum absolute atomic E-state index is 13.0. The van der Waals surface area contributed by atoms with Crippen molar-refractivity contribution in [3.05, 3.63) is 48.2 Å². The molecule has 0 radical (unpaired) electrons. The summed E-state index contributed by atoms with van der Waals surface area (Å²) in [6.45, 7) is 3.67. The van der Waals surface area contributed by atoms with Crippen LogP contribution in [0.3, 0.4) is 0 Å². The number of hydrogen-bond acceptors (Lipinski definition) is 5. The van der Waals surface area contributed by atoms with Crippen molar-refractivity contribution < 1.29 is 32.2 Å². The molecule has 1 aromatic heterocycles. The summed E-state index contributed by atoms with van der Waals surface area (Å²) in [6.07, 6.45) is -2.54. The highest BCUT2D eigenvalue weighted by atomic mass is 19.4. The van der Waals surface area contributed by atoms with Crippen molar-refractivity contribution in [2.45, 2.75) is 39.0 Å². The van der Waals surface area contributed by atoms with Crippen LogP contribution in [0.25, 0.3) is 0 Å². The monoisotopic (exact) mass is 383 g/mol. The molecule has 0 aliphatic heterocycles. The van der Waals surface area contributed by atoms with Crippen molar-refractivity contribution in [1.82, 2.24) is 4.98 Å². The first-order valence-corrected chi connectivity index (χ1v) is 8.44. The summed E-state index contributed by atoms with van der Waals surface area (Å²) in [6, 6.07) is 7.54. The lowest BCUT2D eigenvalue weighted by Gasteiger charge is -2.18. The van der Waals surface area contributed by atoms with E-state index in [0.29, 0.717) is 6.42 Å². The average Bonchev–Trinajstić information content (AvgIpc) is 2.63. The van der Waals surface area contributed by atoms with Gasteiger partial charge in [-0.25, -0.2) is 9.78 Å².